The van der Waals surface area contributed by atoms with Crippen LogP contribution < -0.4 is 5.32 Å². The minimum atomic E-state index is -3.69. The first-order valence-corrected chi connectivity index (χ1v) is 11.1. The molecule has 0 bridgehead atoms. The number of sulfonamides is 1. The van der Waals surface area contributed by atoms with Gasteiger partial charge in [0.1, 0.15) is 0 Å². The Kier molecular flexibility index (Phi) is 6.20. The number of carbonyl (C=O) groups excluding carboxylic acids is 1. The lowest BCUT2D eigenvalue weighted by Gasteiger charge is -2.30. The summed E-state index contributed by atoms with van der Waals surface area (Å²) in [6.45, 7) is 6.99. The first-order valence-electron chi connectivity index (χ1n) is 9.64. The van der Waals surface area contributed by atoms with Crippen LogP contribution in [0.15, 0.2) is 41.8 Å². The maximum Gasteiger partial charge on any atom is 0.262 e. The van der Waals surface area contributed by atoms with Gasteiger partial charge in [-0.1, -0.05) is 29.8 Å². The molecule has 2 heterocycles. The number of nitrogens with zero attached hydrogens (tertiary/aromatic N) is 3. The quantitative estimate of drug-likeness (QED) is 0.802. The molecule has 0 spiro atoms. The minimum absolute atomic E-state index is 0.0435. The third-order valence-corrected chi connectivity index (χ3v) is 6.83. The number of amides is 1. The normalized spacial score (nSPS) is 18.4. The Bertz CT molecular complexity index is 936. The largest absolute Gasteiger partial charge is 0.352 e. The number of piperidine rings is 1. The van der Waals surface area contributed by atoms with Crippen LogP contribution in [-0.4, -0.2) is 41.3 Å². The predicted octanol–water partition coefficient (Wildman–Crippen LogP) is 2.49. The molecule has 1 amide bonds. The van der Waals surface area contributed by atoms with Crippen molar-refractivity contribution in [1.82, 2.24) is 19.2 Å². The van der Waals surface area contributed by atoms with Crippen LogP contribution in [-0.2, 0) is 21.4 Å². The lowest BCUT2D eigenvalue weighted by molar-refractivity contribution is -0.126. The van der Waals surface area contributed by atoms with Gasteiger partial charge in [0.15, 0.2) is 5.03 Å². The van der Waals surface area contributed by atoms with Gasteiger partial charge in [-0.2, -0.15) is 4.31 Å². The van der Waals surface area contributed by atoms with Crippen molar-refractivity contribution in [3.05, 3.63) is 47.9 Å². The molecule has 1 atom stereocenters. The standard InChI is InChI=1S/C20H28N4O3S/c1-15(2)23-13-19(22-14-23)28(26,27)24-9-5-8-18(12-24)20(25)21-11-17-7-4-6-16(3)10-17/h4,6-7,10,13-15,18H,5,8-9,11-12H2,1-3H3,(H,21,25)/t18-/m1/s1. The number of rotatable bonds is 6. The summed E-state index contributed by atoms with van der Waals surface area (Å²) in [5.41, 5.74) is 2.18. The topological polar surface area (TPSA) is 84.3 Å². The summed E-state index contributed by atoms with van der Waals surface area (Å²) >= 11 is 0. The van der Waals surface area contributed by atoms with Crippen LogP contribution in [0.2, 0.25) is 0 Å². The van der Waals surface area contributed by atoms with Gasteiger partial charge in [-0.25, -0.2) is 13.4 Å². The lowest BCUT2D eigenvalue weighted by Crippen LogP contribution is -2.45. The maximum atomic E-state index is 12.9. The number of nitrogens with one attached hydrogen (secondary N) is 1. The summed E-state index contributed by atoms with van der Waals surface area (Å²) in [4.78, 5) is 16.7. The molecule has 8 heteroatoms. The van der Waals surface area contributed by atoms with Crippen molar-refractivity contribution in [2.75, 3.05) is 13.1 Å². The van der Waals surface area contributed by atoms with Gasteiger partial charge in [-0.15, -0.1) is 0 Å². The smallest absolute Gasteiger partial charge is 0.262 e. The van der Waals surface area contributed by atoms with Crippen molar-refractivity contribution in [3.8, 4) is 0 Å². The number of carbonyl (C=O) groups is 1. The van der Waals surface area contributed by atoms with E-state index < -0.39 is 10.0 Å². The molecule has 1 fully saturated rings. The van der Waals surface area contributed by atoms with Crippen molar-refractivity contribution in [2.24, 2.45) is 5.92 Å². The van der Waals surface area contributed by atoms with E-state index in [0.717, 1.165) is 11.1 Å². The molecular formula is C20H28N4O3S. The summed E-state index contributed by atoms with van der Waals surface area (Å²) < 4.78 is 29.0. The molecule has 1 aromatic heterocycles. The van der Waals surface area contributed by atoms with E-state index in [9.17, 15) is 13.2 Å². The van der Waals surface area contributed by atoms with Gasteiger partial charge in [-0.3, -0.25) is 4.79 Å². The van der Waals surface area contributed by atoms with E-state index in [1.807, 2.05) is 45.0 Å². The molecule has 0 radical (unpaired) electrons. The molecule has 1 N–H and O–H groups in total. The third-order valence-electron chi connectivity index (χ3n) is 5.08. The minimum Gasteiger partial charge on any atom is -0.352 e. The van der Waals surface area contributed by atoms with Crippen LogP contribution in [0, 0.1) is 12.8 Å². The van der Waals surface area contributed by atoms with E-state index in [-0.39, 0.29) is 29.4 Å². The Morgan fingerprint density at radius 3 is 2.82 bits per heavy atom. The zero-order valence-corrected chi connectivity index (χ0v) is 17.4. The first-order chi connectivity index (χ1) is 13.3. The number of hydrogen-bond donors (Lipinski definition) is 1. The monoisotopic (exact) mass is 404 g/mol. The Hall–Kier alpha value is -2.19. The van der Waals surface area contributed by atoms with Gasteiger partial charge in [0.25, 0.3) is 10.0 Å². The second kappa shape index (κ2) is 8.45. The van der Waals surface area contributed by atoms with Gasteiger partial charge >= 0.3 is 0 Å². The van der Waals surface area contributed by atoms with E-state index in [1.165, 1.54) is 10.6 Å². The fourth-order valence-electron chi connectivity index (χ4n) is 3.40. The number of aromatic nitrogens is 2. The van der Waals surface area contributed by atoms with Crippen LogP contribution in [0.1, 0.15) is 43.9 Å². The SMILES string of the molecule is Cc1cccc(CNC(=O)[C@@H]2CCCN(S(=O)(=O)c3cn(C(C)C)cn3)C2)c1. The van der Waals surface area contributed by atoms with Crippen LogP contribution in [0.25, 0.3) is 0 Å². The van der Waals surface area contributed by atoms with E-state index in [1.54, 1.807) is 10.8 Å². The van der Waals surface area contributed by atoms with Crippen molar-refractivity contribution in [3.63, 3.8) is 0 Å². The average Bonchev–Trinajstić information content (AvgIpc) is 3.18. The summed E-state index contributed by atoms with van der Waals surface area (Å²) in [6.07, 6.45) is 4.44. The maximum absolute atomic E-state index is 12.9. The highest BCUT2D eigenvalue weighted by Crippen LogP contribution is 2.23. The van der Waals surface area contributed by atoms with E-state index >= 15 is 0 Å². The van der Waals surface area contributed by atoms with Crippen molar-refractivity contribution >= 4 is 15.9 Å². The number of hydrogen-bond acceptors (Lipinski definition) is 4. The van der Waals surface area contributed by atoms with Crippen molar-refractivity contribution in [2.45, 2.75) is 51.2 Å². The molecule has 1 saturated heterocycles. The predicted molar refractivity (Wildman–Crippen MR) is 107 cm³/mol. The van der Waals surface area contributed by atoms with Gasteiger partial charge in [-0.05, 0) is 39.2 Å². The second-order valence-corrected chi connectivity index (χ2v) is 9.55. The number of aryl methyl sites for hydroxylation is 1. The van der Waals surface area contributed by atoms with Crippen LogP contribution in [0.4, 0.5) is 0 Å². The molecular weight excluding hydrogens is 376 g/mol. The molecule has 3 rings (SSSR count). The zero-order valence-electron chi connectivity index (χ0n) is 16.6. The number of benzene rings is 1. The van der Waals surface area contributed by atoms with Gasteiger partial charge in [0.2, 0.25) is 5.91 Å². The molecule has 7 nitrogen and oxygen atoms in total. The van der Waals surface area contributed by atoms with E-state index in [4.69, 9.17) is 0 Å². The Morgan fingerprint density at radius 1 is 1.36 bits per heavy atom. The molecule has 1 aliphatic rings. The molecule has 28 heavy (non-hydrogen) atoms. The highest BCUT2D eigenvalue weighted by Gasteiger charge is 2.34. The highest BCUT2D eigenvalue weighted by molar-refractivity contribution is 7.89. The zero-order chi connectivity index (χ0) is 20.3. The first kappa shape index (κ1) is 20.5. The molecule has 0 saturated carbocycles. The third kappa shape index (κ3) is 4.62. The Labute approximate surface area is 166 Å². The fraction of sp³-hybridized carbons (Fsp3) is 0.500. The lowest BCUT2D eigenvalue weighted by atomic mass is 9.98. The van der Waals surface area contributed by atoms with Crippen molar-refractivity contribution < 1.29 is 13.2 Å². The van der Waals surface area contributed by atoms with Gasteiger partial charge in [0, 0.05) is 31.9 Å². The van der Waals surface area contributed by atoms with Gasteiger partial charge in [0.05, 0.1) is 12.2 Å². The summed E-state index contributed by atoms with van der Waals surface area (Å²) in [5, 5.41) is 2.99. The molecule has 152 valence electrons. The second-order valence-electron chi connectivity index (χ2n) is 7.66. The molecule has 2 aromatic rings. The van der Waals surface area contributed by atoms with E-state index in [0.29, 0.717) is 25.9 Å². The molecule has 0 unspecified atom stereocenters. The molecule has 1 aromatic carbocycles. The average molecular weight is 405 g/mol. The number of imidazole rings is 1. The Balaban J connectivity index is 1.64. The van der Waals surface area contributed by atoms with Gasteiger partial charge < -0.3 is 9.88 Å². The van der Waals surface area contributed by atoms with E-state index in [2.05, 4.69) is 10.3 Å². The van der Waals surface area contributed by atoms with Crippen LogP contribution in [0.5, 0.6) is 0 Å². The summed E-state index contributed by atoms with van der Waals surface area (Å²) in [7, 11) is -3.69. The molecule has 0 aliphatic carbocycles. The Morgan fingerprint density at radius 2 is 2.14 bits per heavy atom. The summed E-state index contributed by atoms with van der Waals surface area (Å²) in [6, 6.07) is 8.11. The summed E-state index contributed by atoms with van der Waals surface area (Å²) in [5.74, 6) is -0.449. The van der Waals surface area contributed by atoms with Crippen molar-refractivity contribution in [1.29, 1.82) is 0 Å². The van der Waals surface area contributed by atoms with Crippen LogP contribution in [0.3, 0.4) is 0 Å². The van der Waals surface area contributed by atoms with Crippen LogP contribution >= 0.6 is 0 Å². The molecule has 1 aliphatic heterocycles. The highest BCUT2D eigenvalue weighted by atomic mass is 32.2. The fourth-order valence-corrected chi connectivity index (χ4v) is 4.84.